The summed E-state index contributed by atoms with van der Waals surface area (Å²) in [6, 6.07) is 14.3. The maximum Gasteiger partial charge on any atom is 0.243 e. The molecule has 1 saturated carbocycles. The Morgan fingerprint density at radius 1 is 1.08 bits per heavy atom. The van der Waals surface area contributed by atoms with Gasteiger partial charge in [0.15, 0.2) is 0 Å². The minimum Gasteiger partial charge on any atom is -0.497 e. The standard InChI is InChI=1S/C30H43N3O5S/c1-5-28(30(35)31-25-14-7-6-8-15-25)32(22-24-13-10-17-27(21-24)38-3)29(34)18-11-19-33(39(4,36)37)26-16-9-12-23(2)20-26/h9-10,12-13,16-17,20-21,25,28H,5-8,11,14-15,18-19,22H2,1-4H3,(H,31,35)/t28-/m0/s1. The zero-order valence-corrected chi connectivity index (χ0v) is 24.5. The number of sulfonamides is 1. The lowest BCUT2D eigenvalue weighted by Crippen LogP contribution is -2.51. The van der Waals surface area contributed by atoms with Crippen LogP contribution < -0.4 is 14.4 Å². The smallest absolute Gasteiger partial charge is 0.243 e. The molecule has 0 aromatic heterocycles. The van der Waals surface area contributed by atoms with Gasteiger partial charge in [-0.25, -0.2) is 8.42 Å². The average molecular weight is 558 g/mol. The van der Waals surface area contributed by atoms with Crippen LogP contribution in [0.1, 0.15) is 69.4 Å². The van der Waals surface area contributed by atoms with Crippen LogP contribution in [-0.4, -0.2) is 57.1 Å². The van der Waals surface area contributed by atoms with Crippen LogP contribution in [0.2, 0.25) is 0 Å². The van der Waals surface area contributed by atoms with E-state index in [0.29, 0.717) is 24.3 Å². The number of aryl methyl sites for hydroxylation is 1. The summed E-state index contributed by atoms with van der Waals surface area (Å²) < 4.78 is 31.8. The summed E-state index contributed by atoms with van der Waals surface area (Å²) in [7, 11) is -1.94. The number of nitrogens with one attached hydrogen (secondary N) is 1. The molecular weight excluding hydrogens is 514 g/mol. The van der Waals surface area contributed by atoms with Crippen LogP contribution in [0.15, 0.2) is 48.5 Å². The van der Waals surface area contributed by atoms with E-state index in [4.69, 9.17) is 4.74 Å². The highest BCUT2D eigenvalue weighted by Crippen LogP contribution is 2.22. The molecule has 0 spiro atoms. The summed E-state index contributed by atoms with van der Waals surface area (Å²) in [6.45, 7) is 4.26. The molecule has 1 N–H and O–H groups in total. The summed E-state index contributed by atoms with van der Waals surface area (Å²) >= 11 is 0. The van der Waals surface area contributed by atoms with Gasteiger partial charge < -0.3 is 15.0 Å². The predicted octanol–water partition coefficient (Wildman–Crippen LogP) is 4.81. The Bertz CT molecular complexity index is 1210. The normalized spacial score (nSPS) is 14.9. The predicted molar refractivity (Wildman–Crippen MR) is 155 cm³/mol. The van der Waals surface area contributed by atoms with Gasteiger partial charge in [0, 0.05) is 25.6 Å². The number of amides is 2. The number of methoxy groups -OCH3 is 1. The van der Waals surface area contributed by atoms with Crippen molar-refractivity contribution in [3.63, 3.8) is 0 Å². The Hall–Kier alpha value is -3.07. The molecule has 0 bridgehead atoms. The summed E-state index contributed by atoms with van der Waals surface area (Å²) in [4.78, 5) is 28.7. The quantitative estimate of drug-likeness (QED) is 0.382. The first-order valence-electron chi connectivity index (χ1n) is 13.9. The van der Waals surface area contributed by atoms with E-state index in [0.717, 1.165) is 36.8 Å². The number of hydrogen-bond donors (Lipinski definition) is 1. The summed E-state index contributed by atoms with van der Waals surface area (Å²) in [5.74, 6) is 0.376. The second-order valence-electron chi connectivity index (χ2n) is 10.4. The SMILES string of the molecule is CC[C@@H](C(=O)NC1CCCCC1)N(Cc1cccc(OC)c1)C(=O)CCCN(c1cccc(C)c1)S(C)(=O)=O. The monoisotopic (exact) mass is 557 g/mol. The van der Waals surface area contributed by atoms with E-state index in [1.165, 1.54) is 17.0 Å². The molecule has 9 heteroatoms. The van der Waals surface area contributed by atoms with Crippen molar-refractivity contribution < 1.29 is 22.7 Å². The zero-order valence-electron chi connectivity index (χ0n) is 23.7. The molecular formula is C30H43N3O5S. The lowest BCUT2D eigenvalue weighted by Gasteiger charge is -2.33. The van der Waals surface area contributed by atoms with Crippen LogP contribution in [0.5, 0.6) is 5.75 Å². The number of anilines is 1. The number of rotatable bonds is 13. The summed E-state index contributed by atoms with van der Waals surface area (Å²) in [6.07, 6.45) is 7.43. The molecule has 1 atom stereocenters. The van der Waals surface area contributed by atoms with Crippen LogP contribution in [-0.2, 0) is 26.2 Å². The second-order valence-corrected chi connectivity index (χ2v) is 12.3. The highest BCUT2D eigenvalue weighted by atomic mass is 32.2. The Kier molecular flexibility index (Phi) is 11.2. The molecule has 214 valence electrons. The zero-order chi connectivity index (χ0) is 28.4. The summed E-state index contributed by atoms with van der Waals surface area (Å²) in [5, 5.41) is 3.19. The van der Waals surface area contributed by atoms with E-state index < -0.39 is 16.1 Å². The molecule has 0 aliphatic heterocycles. The molecule has 2 aromatic carbocycles. The number of benzene rings is 2. The minimum absolute atomic E-state index is 0.120. The molecule has 0 heterocycles. The third-order valence-corrected chi connectivity index (χ3v) is 8.46. The molecule has 1 fully saturated rings. The van der Waals surface area contributed by atoms with Crippen LogP contribution in [0.25, 0.3) is 0 Å². The molecule has 1 aliphatic rings. The van der Waals surface area contributed by atoms with E-state index in [-0.39, 0.29) is 37.4 Å². The van der Waals surface area contributed by atoms with Crippen molar-refractivity contribution in [1.29, 1.82) is 0 Å². The van der Waals surface area contributed by atoms with Gasteiger partial charge in [0.1, 0.15) is 11.8 Å². The van der Waals surface area contributed by atoms with Crippen molar-refractivity contribution in [2.45, 2.75) is 83.8 Å². The van der Waals surface area contributed by atoms with Crippen LogP contribution in [0.4, 0.5) is 5.69 Å². The van der Waals surface area contributed by atoms with Crippen LogP contribution in [0, 0.1) is 6.92 Å². The third kappa shape index (κ3) is 8.98. The van der Waals surface area contributed by atoms with Crippen molar-refractivity contribution in [3.05, 3.63) is 59.7 Å². The maximum atomic E-state index is 13.7. The number of carbonyl (C=O) groups excluding carboxylic acids is 2. The highest BCUT2D eigenvalue weighted by Gasteiger charge is 2.30. The minimum atomic E-state index is -3.53. The van der Waals surface area contributed by atoms with Crippen molar-refractivity contribution in [3.8, 4) is 5.75 Å². The molecule has 3 rings (SSSR count). The van der Waals surface area contributed by atoms with Gasteiger partial charge in [0.2, 0.25) is 21.8 Å². The van der Waals surface area contributed by atoms with Gasteiger partial charge in [0.25, 0.3) is 0 Å². The fraction of sp³-hybridized carbons (Fsp3) is 0.533. The Morgan fingerprint density at radius 3 is 2.44 bits per heavy atom. The third-order valence-electron chi connectivity index (χ3n) is 7.27. The highest BCUT2D eigenvalue weighted by molar-refractivity contribution is 7.92. The van der Waals surface area contributed by atoms with Crippen molar-refractivity contribution in [1.82, 2.24) is 10.2 Å². The number of hydrogen-bond acceptors (Lipinski definition) is 5. The van der Waals surface area contributed by atoms with Gasteiger partial charge in [-0.15, -0.1) is 0 Å². The first kappa shape index (κ1) is 30.5. The molecule has 39 heavy (non-hydrogen) atoms. The van der Waals surface area contributed by atoms with E-state index >= 15 is 0 Å². The van der Waals surface area contributed by atoms with Crippen LogP contribution >= 0.6 is 0 Å². The Morgan fingerprint density at radius 2 is 1.79 bits per heavy atom. The molecule has 0 radical (unpaired) electrons. The lowest BCUT2D eigenvalue weighted by molar-refractivity contribution is -0.141. The molecule has 1 aliphatic carbocycles. The van der Waals surface area contributed by atoms with E-state index in [2.05, 4.69) is 5.32 Å². The van der Waals surface area contributed by atoms with Gasteiger partial charge >= 0.3 is 0 Å². The van der Waals surface area contributed by atoms with Gasteiger partial charge in [-0.05, 0) is 68.0 Å². The fourth-order valence-corrected chi connectivity index (χ4v) is 6.18. The maximum absolute atomic E-state index is 13.7. The van der Waals surface area contributed by atoms with Crippen LogP contribution in [0.3, 0.4) is 0 Å². The number of nitrogens with zero attached hydrogens (tertiary/aromatic N) is 2. The molecule has 8 nitrogen and oxygen atoms in total. The number of ether oxygens (including phenoxy) is 1. The molecule has 0 saturated heterocycles. The fourth-order valence-electron chi connectivity index (χ4n) is 5.22. The van der Waals surface area contributed by atoms with Crippen molar-refractivity contribution in [2.24, 2.45) is 0 Å². The molecule has 2 aromatic rings. The van der Waals surface area contributed by atoms with Gasteiger partial charge in [-0.2, -0.15) is 0 Å². The van der Waals surface area contributed by atoms with Gasteiger partial charge in [-0.3, -0.25) is 13.9 Å². The second kappa shape index (κ2) is 14.4. The molecule has 2 amide bonds. The number of carbonyl (C=O) groups is 2. The first-order valence-corrected chi connectivity index (χ1v) is 15.7. The van der Waals surface area contributed by atoms with Gasteiger partial charge in [0.05, 0.1) is 19.1 Å². The van der Waals surface area contributed by atoms with E-state index in [1.807, 2.05) is 56.3 Å². The average Bonchev–Trinajstić information content (AvgIpc) is 2.90. The lowest BCUT2D eigenvalue weighted by atomic mass is 9.95. The molecule has 0 unspecified atom stereocenters. The van der Waals surface area contributed by atoms with Gasteiger partial charge in [-0.1, -0.05) is 50.5 Å². The van der Waals surface area contributed by atoms with E-state index in [9.17, 15) is 18.0 Å². The first-order chi connectivity index (χ1) is 18.6. The van der Waals surface area contributed by atoms with Crippen molar-refractivity contribution >= 4 is 27.5 Å². The Balaban J connectivity index is 1.77. The van der Waals surface area contributed by atoms with E-state index in [1.54, 1.807) is 18.1 Å². The topological polar surface area (TPSA) is 96.0 Å². The summed E-state index contributed by atoms with van der Waals surface area (Å²) in [5.41, 5.74) is 2.40. The largest absolute Gasteiger partial charge is 0.497 e. The van der Waals surface area contributed by atoms with Crippen molar-refractivity contribution in [2.75, 3.05) is 24.2 Å². The Labute approximate surface area is 233 Å².